The highest BCUT2D eigenvalue weighted by Gasteiger charge is 2.14. The molecule has 0 heterocycles. The fourth-order valence-electron chi connectivity index (χ4n) is 4.08. The molecule has 0 aliphatic heterocycles. The molecule has 0 aromatic heterocycles. The lowest BCUT2D eigenvalue weighted by Crippen LogP contribution is -2.06. The Morgan fingerprint density at radius 3 is 2.42 bits per heavy atom. The van der Waals surface area contributed by atoms with Crippen LogP contribution in [0.4, 0.5) is 4.39 Å². The maximum Gasteiger partial charge on any atom is 0.123 e. The van der Waals surface area contributed by atoms with Gasteiger partial charge in [-0.2, -0.15) is 0 Å². The lowest BCUT2D eigenvalue weighted by molar-refractivity contribution is 0.389. The number of benzene rings is 4. The van der Waals surface area contributed by atoms with Crippen molar-refractivity contribution in [3.05, 3.63) is 77.6 Å². The van der Waals surface area contributed by atoms with E-state index in [4.69, 9.17) is 0 Å². The molecule has 26 heavy (non-hydrogen) atoms. The van der Waals surface area contributed by atoms with Crippen molar-refractivity contribution < 1.29 is 4.39 Å². The van der Waals surface area contributed by atoms with Crippen molar-refractivity contribution in [2.45, 2.75) is 26.2 Å². The molecule has 0 bridgehead atoms. The molecule has 0 spiro atoms. The summed E-state index contributed by atoms with van der Waals surface area (Å²) in [5.41, 5.74) is 2.64. The van der Waals surface area contributed by atoms with Crippen LogP contribution in [0.5, 0.6) is 0 Å². The molecular weight excluding hydrogens is 319 g/mol. The van der Waals surface area contributed by atoms with Crippen LogP contribution in [0.15, 0.2) is 60.7 Å². The molecule has 128 valence electrons. The van der Waals surface area contributed by atoms with Crippen molar-refractivity contribution in [1.82, 2.24) is 0 Å². The third-order valence-corrected chi connectivity index (χ3v) is 5.88. The molecule has 0 unspecified atom stereocenters. The van der Waals surface area contributed by atoms with Gasteiger partial charge in [-0.1, -0.05) is 48.9 Å². The first kappa shape index (κ1) is 15.6. The van der Waals surface area contributed by atoms with E-state index < -0.39 is 0 Å². The molecule has 1 heteroatoms. The zero-order chi connectivity index (χ0) is 17.7. The van der Waals surface area contributed by atoms with E-state index in [1.807, 2.05) is 6.07 Å². The second-order valence-corrected chi connectivity index (χ2v) is 7.57. The second kappa shape index (κ2) is 5.95. The van der Waals surface area contributed by atoms with E-state index in [1.54, 1.807) is 6.07 Å². The minimum atomic E-state index is -0.184. The molecule has 0 nitrogen and oxygen atoms in total. The minimum absolute atomic E-state index is 0.184. The van der Waals surface area contributed by atoms with E-state index in [9.17, 15) is 4.39 Å². The molecule has 1 aliphatic rings. The van der Waals surface area contributed by atoms with Gasteiger partial charge in [0.25, 0.3) is 0 Å². The largest absolute Gasteiger partial charge is 0.207 e. The number of allylic oxidation sites excluding steroid dienone is 1. The number of aryl methyl sites for hydroxylation is 1. The average molecular weight is 340 g/mol. The Bertz CT molecular complexity index is 1180. The van der Waals surface area contributed by atoms with Gasteiger partial charge < -0.3 is 0 Å². The second-order valence-electron chi connectivity index (χ2n) is 7.57. The van der Waals surface area contributed by atoms with Gasteiger partial charge in [0.05, 0.1) is 0 Å². The van der Waals surface area contributed by atoms with Crippen molar-refractivity contribution >= 4 is 38.4 Å². The molecule has 5 rings (SSSR count). The van der Waals surface area contributed by atoms with Crippen molar-refractivity contribution in [1.29, 1.82) is 0 Å². The van der Waals surface area contributed by atoms with Crippen LogP contribution in [-0.4, -0.2) is 0 Å². The van der Waals surface area contributed by atoms with Crippen molar-refractivity contribution in [2.75, 3.05) is 0 Å². The van der Waals surface area contributed by atoms with Gasteiger partial charge in [0.2, 0.25) is 0 Å². The van der Waals surface area contributed by atoms with Gasteiger partial charge in [0, 0.05) is 0 Å². The Morgan fingerprint density at radius 2 is 1.62 bits per heavy atom. The molecule has 1 saturated carbocycles. The van der Waals surface area contributed by atoms with E-state index in [-0.39, 0.29) is 5.82 Å². The zero-order valence-electron chi connectivity index (χ0n) is 14.9. The van der Waals surface area contributed by atoms with Crippen LogP contribution in [0.25, 0.3) is 38.4 Å². The summed E-state index contributed by atoms with van der Waals surface area (Å²) in [5, 5.41) is 7.00. The van der Waals surface area contributed by atoms with Gasteiger partial charge in [0.15, 0.2) is 0 Å². The SMILES string of the molecule is Cc1ccc2c(ccc3cc4cc(F)ccc4cc32)c1/C=C\C1CCC1. The molecule has 4 aromatic carbocycles. The molecule has 4 aromatic rings. The number of fused-ring (bicyclic) bond motifs is 4. The van der Waals surface area contributed by atoms with Gasteiger partial charge in [-0.25, -0.2) is 4.39 Å². The quantitative estimate of drug-likeness (QED) is 0.263. The summed E-state index contributed by atoms with van der Waals surface area (Å²) in [6.45, 7) is 2.19. The van der Waals surface area contributed by atoms with E-state index in [0.717, 1.165) is 22.1 Å². The molecule has 0 amide bonds. The summed E-state index contributed by atoms with van der Waals surface area (Å²) in [6.07, 6.45) is 8.72. The maximum absolute atomic E-state index is 13.6. The van der Waals surface area contributed by atoms with Crippen molar-refractivity contribution in [3.8, 4) is 0 Å². The molecule has 1 aliphatic carbocycles. The van der Waals surface area contributed by atoms with Gasteiger partial charge in [-0.15, -0.1) is 0 Å². The molecule has 0 radical (unpaired) electrons. The lowest BCUT2D eigenvalue weighted by atomic mass is 9.84. The highest BCUT2D eigenvalue weighted by atomic mass is 19.1. The Kier molecular flexibility index (Phi) is 3.56. The standard InChI is InChI=1S/C25H21F/c1-16-5-10-24-23(22(16)11-6-17-3-2-4-17)12-8-19-13-20-14-21(26)9-7-18(20)15-25(19)24/h5-15,17H,2-4H2,1H3/b11-6-. The summed E-state index contributed by atoms with van der Waals surface area (Å²) in [4.78, 5) is 0. The fourth-order valence-corrected chi connectivity index (χ4v) is 4.08. The van der Waals surface area contributed by atoms with Crippen LogP contribution in [0.2, 0.25) is 0 Å². The Labute approximate surface area is 153 Å². The average Bonchev–Trinajstić information content (AvgIpc) is 2.60. The molecular formula is C25H21F. The monoisotopic (exact) mass is 340 g/mol. The van der Waals surface area contributed by atoms with Crippen LogP contribution >= 0.6 is 0 Å². The van der Waals surface area contributed by atoms with Gasteiger partial charge in [0.1, 0.15) is 5.82 Å². The predicted octanol–water partition coefficient (Wildman–Crippen LogP) is 7.41. The van der Waals surface area contributed by atoms with E-state index in [2.05, 4.69) is 55.5 Å². The lowest BCUT2D eigenvalue weighted by Gasteiger charge is -2.21. The Hall–Kier alpha value is -2.67. The highest BCUT2D eigenvalue weighted by molar-refractivity contribution is 6.13. The van der Waals surface area contributed by atoms with Crippen molar-refractivity contribution in [3.63, 3.8) is 0 Å². The van der Waals surface area contributed by atoms with Crippen LogP contribution < -0.4 is 0 Å². The smallest absolute Gasteiger partial charge is 0.123 e. The minimum Gasteiger partial charge on any atom is -0.207 e. The first-order valence-corrected chi connectivity index (χ1v) is 9.42. The first-order chi connectivity index (χ1) is 12.7. The van der Waals surface area contributed by atoms with Gasteiger partial charge >= 0.3 is 0 Å². The summed E-state index contributed by atoms with van der Waals surface area (Å²) >= 11 is 0. The van der Waals surface area contributed by atoms with E-state index >= 15 is 0 Å². The Morgan fingerprint density at radius 1 is 0.808 bits per heavy atom. The van der Waals surface area contributed by atoms with E-state index in [1.165, 1.54) is 52.6 Å². The Balaban J connectivity index is 1.76. The number of hydrogen-bond donors (Lipinski definition) is 0. The molecule has 0 N–H and O–H groups in total. The zero-order valence-corrected chi connectivity index (χ0v) is 14.9. The number of rotatable bonds is 2. The third kappa shape index (κ3) is 2.50. The normalized spacial score (nSPS) is 15.3. The summed E-state index contributed by atoms with van der Waals surface area (Å²) in [7, 11) is 0. The summed E-state index contributed by atoms with van der Waals surface area (Å²) in [5.74, 6) is 0.570. The third-order valence-electron chi connectivity index (χ3n) is 5.88. The predicted molar refractivity (Wildman–Crippen MR) is 110 cm³/mol. The van der Waals surface area contributed by atoms with Crippen molar-refractivity contribution in [2.24, 2.45) is 5.92 Å². The molecule has 1 fully saturated rings. The van der Waals surface area contributed by atoms with Crippen LogP contribution in [0.3, 0.4) is 0 Å². The highest BCUT2D eigenvalue weighted by Crippen LogP contribution is 2.34. The van der Waals surface area contributed by atoms with Crippen LogP contribution in [0.1, 0.15) is 30.4 Å². The fraction of sp³-hybridized carbons (Fsp3) is 0.200. The van der Waals surface area contributed by atoms with Crippen LogP contribution in [0, 0.1) is 18.7 Å². The topological polar surface area (TPSA) is 0 Å². The summed E-state index contributed by atoms with van der Waals surface area (Å²) in [6, 6.07) is 18.1. The van der Waals surface area contributed by atoms with Gasteiger partial charge in [-0.05, 0) is 93.4 Å². The van der Waals surface area contributed by atoms with Gasteiger partial charge in [-0.3, -0.25) is 0 Å². The van der Waals surface area contributed by atoms with Crippen LogP contribution in [-0.2, 0) is 0 Å². The molecule has 0 atom stereocenters. The summed E-state index contributed by atoms with van der Waals surface area (Å²) < 4.78 is 13.6. The number of halogens is 1. The number of hydrogen-bond acceptors (Lipinski definition) is 0. The molecule has 0 saturated heterocycles. The maximum atomic E-state index is 13.6. The first-order valence-electron chi connectivity index (χ1n) is 9.42. The van der Waals surface area contributed by atoms with E-state index in [0.29, 0.717) is 0 Å².